The van der Waals surface area contributed by atoms with Gasteiger partial charge in [0.25, 0.3) is 5.91 Å². The predicted molar refractivity (Wildman–Crippen MR) is 83.0 cm³/mol. The van der Waals surface area contributed by atoms with Crippen LogP contribution in [0.4, 0.5) is 5.13 Å². The molecule has 3 rings (SSSR count). The van der Waals surface area contributed by atoms with Gasteiger partial charge < -0.3 is 5.11 Å². The van der Waals surface area contributed by atoms with Gasteiger partial charge in [-0.1, -0.05) is 23.5 Å². The second-order valence-electron chi connectivity index (χ2n) is 4.72. The number of carbonyl (C=O) groups excluding carboxylic acids is 1. The lowest BCUT2D eigenvalue weighted by molar-refractivity contribution is 0.102. The van der Waals surface area contributed by atoms with Gasteiger partial charge in [0, 0.05) is 5.56 Å². The van der Waals surface area contributed by atoms with Gasteiger partial charge >= 0.3 is 0 Å². The Morgan fingerprint density at radius 2 is 2.14 bits per heavy atom. The van der Waals surface area contributed by atoms with Gasteiger partial charge in [0.2, 0.25) is 5.13 Å². The highest BCUT2D eigenvalue weighted by molar-refractivity contribution is 7.15. The highest BCUT2D eigenvalue weighted by atomic mass is 32.1. The first-order valence-electron chi connectivity index (χ1n) is 6.50. The molecule has 8 heteroatoms. The number of anilines is 1. The molecule has 112 valence electrons. The molecule has 7 nitrogen and oxygen atoms in total. The molecular formula is C14H13N5O2S. The second kappa shape index (κ2) is 5.57. The number of nitrogens with one attached hydrogen (secondary N) is 2. The fourth-order valence-electron chi connectivity index (χ4n) is 1.95. The van der Waals surface area contributed by atoms with E-state index in [1.165, 1.54) is 11.3 Å². The molecule has 22 heavy (non-hydrogen) atoms. The van der Waals surface area contributed by atoms with Crippen LogP contribution in [0.2, 0.25) is 0 Å². The molecule has 1 aromatic carbocycles. The molecule has 0 saturated carbocycles. The fourth-order valence-corrected chi connectivity index (χ4v) is 2.54. The lowest BCUT2D eigenvalue weighted by Crippen LogP contribution is -2.12. The summed E-state index contributed by atoms with van der Waals surface area (Å²) in [7, 11) is 0. The van der Waals surface area contributed by atoms with Gasteiger partial charge in [0.05, 0.1) is 5.69 Å². The Morgan fingerprint density at radius 3 is 2.86 bits per heavy atom. The Bertz CT molecular complexity index is 839. The number of amides is 1. The maximum Gasteiger partial charge on any atom is 0.275 e. The number of carbonyl (C=O) groups is 1. The summed E-state index contributed by atoms with van der Waals surface area (Å²) in [5.74, 6) is -0.206. The van der Waals surface area contributed by atoms with E-state index in [9.17, 15) is 9.90 Å². The topological polar surface area (TPSA) is 104 Å². The molecule has 1 amide bonds. The first-order valence-corrected chi connectivity index (χ1v) is 7.32. The molecule has 0 bridgehead atoms. The zero-order valence-corrected chi connectivity index (χ0v) is 12.7. The lowest BCUT2D eigenvalue weighted by atomic mass is 10.1. The highest BCUT2D eigenvalue weighted by Gasteiger charge is 2.15. The van der Waals surface area contributed by atoms with Crippen LogP contribution in [-0.4, -0.2) is 31.4 Å². The Morgan fingerprint density at radius 1 is 1.32 bits per heavy atom. The van der Waals surface area contributed by atoms with E-state index in [1.807, 2.05) is 13.0 Å². The number of phenols is 1. The summed E-state index contributed by atoms with van der Waals surface area (Å²) in [5, 5.41) is 28.3. The predicted octanol–water partition coefficient (Wildman–Crippen LogP) is 2.50. The van der Waals surface area contributed by atoms with Crippen molar-refractivity contribution in [3.63, 3.8) is 0 Å². The third kappa shape index (κ3) is 2.68. The molecule has 0 fully saturated rings. The SMILES string of the molecule is Cc1nnc(NC(=O)c2cc(-c3cccc(C)c3O)n[nH]2)s1. The molecule has 0 radical (unpaired) electrons. The number of hydrogen-bond donors (Lipinski definition) is 3. The number of aromatic hydroxyl groups is 1. The summed E-state index contributed by atoms with van der Waals surface area (Å²) in [6, 6.07) is 6.95. The van der Waals surface area contributed by atoms with Crippen LogP contribution in [0.25, 0.3) is 11.3 Å². The summed E-state index contributed by atoms with van der Waals surface area (Å²) in [6.07, 6.45) is 0. The maximum absolute atomic E-state index is 12.1. The third-order valence-electron chi connectivity index (χ3n) is 3.08. The van der Waals surface area contributed by atoms with Crippen molar-refractivity contribution in [1.82, 2.24) is 20.4 Å². The van der Waals surface area contributed by atoms with Gasteiger partial charge in [-0.2, -0.15) is 5.10 Å². The zero-order chi connectivity index (χ0) is 15.7. The van der Waals surface area contributed by atoms with E-state index in [-0.39, 0.29) is 17.4 Å². The quantitative estimate of drug-likeness (QED) is 0.689. The molecule has 3 aromatic rings. The van der Waals surface area contributed by atoms with E-state index in [2.05, 4.69) is 25.7 Å². The van der Waals surface area contributed by atoms with Crippen LogP contribution >= 0.6 is 11.3 Å². The van der Waals surface area contributed by atoms with Crippen LogP contribution in [0.15, 0.2) is 24.3 Å². The molecular weight excluding hydrogens is 302 g/mol. The normalized spacial score (nSPS) is 10.6. The first-order chi connectivity index (χ1) is 10.5. The molecule has 0 aliphatic rings. The van der Waals surface area contributed by atoms with Crippen molar-refractivity contribution >= 4 is 22.4 Å². The van der Waals surface area contributed by atoms with Crippen molar-refractivity contribution in [2.24, 2.45) is 0 Å². The van der Waals surface area contributed by atoms with Crippen LogP contribution in [0.1, 0.15) is 21.1 Å². The number of hydrogen-bond acceptors (Lipinski definition) is 6. The van der Waals surface area contributed by atoms with Crippen molar-refractivity contribution in [1.29, 1.82) is 0 Å². The van der Waals surface area contributed by atoms with Crippen molar-refractivity contribution in [2.45, 2.75) is 13.8 Å². The van der Waals surface area contributed by atoms with E-state index < -0.39 is 0 Å². The van der Waals surface area contributed by atoms with Gasteiger partial charge in [0.1, 0.15) is 16.5 Å². The van der Waals surface area contributed by atoms with E-state index in [0.717, 1.165) is 10.6 Å². The molecule has 0 saturated heterocycles. The number of aromatic amines is 1. The van der Waals surface area contributed by atoms with Crippen molar-refractivity contribution < 1.29 is 9.90 Å². The number of H-pyrrole nitrogens is 1. The lowest BCUT2D eigenvalue weighted by Gasteiger charge is -2.03. The molecule has 0 spiro atoms. The molecule has 2 aromatic heterocycles. The number of aryl methyl sites for hydroxylation is 2. The molecule has 0 unspecified atom stereocenters. The highest BCUT2D eigenvalue weighted by Crippen LogP contribution is 2.30. The number of rotatable bonds is 3. The molecule has 0 atom stereocenters. The van der Waals surface area contributed by atoms with Gasteiger partial charge in [-0.15, -0.1) is 10.2 Å². The minimum atomic E-state index is -0.359. The van der Waals surface area contributed by atoms with Gasteiger partial charge in [-0.25, -0.2) is 0 Å². The smallest absolute Gasteiger partial charge is 0.275 e. The Hall–Kier alpha value is -2.74. The number of benzene rings is 1. The number of aromatic nitrogens is 4. The summed E-state index contributed by atoms with van der Waals surface area (Å²) in [5.41, 5.74) is 2.10. The summed E-state index contributed by atoms with van der Waals surface area (Å²) in [6.45, 7) is 3.61. The largest absolute Gasteiger partial charge is 0.507 e. The van der Waals surface area contributed by atoms with Gasteiger partial charge in [-0.05, 0) is 31.5 Å². The summed E-state index contributed by atoms with van der Waals surface area (Å²) < 4.78 is 0. The average molecular weight is 315 g/mol. The van der Waals surface area contributed by atoms with Crippen LogP contribution in [0, 0.1) is 13.8 Å². The Labute approximate surface area is 130 Å². The van der Waals surface area contributed by atoms with E-state index in [0.29, 0.717) is 16.4 Å². The number of nitrogens with zero attached hydrogens (tertiary/aromatic N) is 3. The van der Waals surface area contributed by atoms with E-state index >= 15 is 0 Å². The van der Waals surface area contributed by atoms with Crippen LogP contribution in [0.5, 0.6) is 5.75 Å². The molecule has 0 aliphatic heterocycles. The number of phenolic OH excluding ortho intramolecular Hbond substituents is 1. The minimum absolute atomic E-state index is 0.153. The maximum atomic E-state index is 12.1. The Balaban J connectivity index is 1.84. The molecule has 2 heterocycles. The average Bonchev–Trinajstić information content (AvgIpc) is 3.11. The standard InChI is InChI=1S/C14H13N5O2S/c1-7-4-3-5-9(12(7)20)10-6-11(18-17-10)13(21)15-14-19-16-8(2)22-14/h3-6,20H,1-2H3,(H,17,18)(H,15,19,21). The van der Waals surface area contributed by atoms with Crippen LogP contribution in [0.3, 0.4) is 0 Å². The fraction of sp³-hybridized carbons (Fsp3) is 0.143. The summed E-state index contributed by atoms with van der Waals surface area (Å²) >= 11 is 1.29. The van der Waals surface area contributed by atoms with Crippen LogP contribution in [-0.2, 0) is 0 Å². The first kappa shape index (κ1) is 14.2. The van der Waals surface area contributed by atoms with E-state index in [4.69, 9.17) is 0 Å². The van der Waals surface area contributed by atoms with Crippen molar-refractivity contribution in [3.8, 4) is 17.0 Å². The van der Waals surface area contributed by atoms with Crippen LogP contribution < -0.4 is 5.32 Å². The van der Waals surface area contributed by atoms with Crippen molar-refractivity contribution in [2.75, 3.05) is 5.32 Å². The van der Waals surface area contributed by atoms with Gasteiger partial charge in [0.15, 0.2) is 0 Å². The molecule has 0 aliphatic carbocycles. The minimum Gasteiger partial charge on any atom is -0.507 e. The summed E-state index contributed by atoms with van der Waals surface area (Å²) in [4.78, 5) is 12.1. The second-order valence-corrected chi connectivity index (χ2v) is 5.90. The zero-order valence-electron chi connectivity index (χ0n) is 11.9. The van der Waals surface area contributed by atoms with Gasteiger partial charge in [-0.3, -0.25) is 15.2 Å². The van der Waals surface area contributed by atoms with Crippen molar-refractivity contribution in [3.05, 3.63) is 40.5 Å². The third-order valence-corrected chi connectivity index (χ3v) is 3.84. The molecule has 3 N–H and O–H groups in total. The number of para-hydroxylation sites is 1. The van der Waals surface area contributed by atoms with E-state index in [1.54, 1.807) is 25.1 Å². The monoisotopic (exact) mass is 315 g/mol. The Kier molecular flexibility index (Phi) is 3.60.